The van der Waals surface area contributed by atoms with Gasteiger partial charge in [0.2, 0.25) is 0 Å². The Balaban J connectivity index is 2.10. The van der Waals surface area contributed by atoms with Crippen molar-refractivity contribution in [2.24, 2.45) is 5.10 Å². The fourth-order valence-corrected chi connectivity index (χ4v) is 2.54. The Labute approximate surface area is 144 Å². The minimum absolute atomic E-state index is 0.122. The number of unbranched alkanes of at least 4 members (excludes halogenated alkanes) is 2. The van der Waals surface area contributed by atoms with E-state index in [4.69, 9.17) is 4.74 Å². The Morgan fingerprint density at radius 1 is 1.32 bits per heavy atom. The third kappa shape index (κ3) is 4.50. The Bertz CT molecular complexity index is 619. The highest BCUT2D eigenvalue weighted by Gasteiger charge is 2.63. The summed E-state index contributed by atoms with van der Waals surface area (Å²) in [6, 6.07) is 8.24. The topological polar surface area (TPSA) is 62.1 Å². The monoisotopic (exact) mass is 358 g/mol. The van der Waals surface area contributed by atoms with E-state index in [2.05, 4.69) is 5.10 Å². The van der Waals surface area contributed by atoms with Crippen molar-refractivity contribution in [2.45, 2.75) is 50.9 Å². The van der Waals surface area contributed by atoms with Crippen LogP contribution >= 0.6 is 0 Å². The molecule has 0 aromatic heterocycles. The molecule has 5 nitrogen and oxygen atoms in total. The second-order valence-corrected chi connectivity index (χ2v) is 5.92. The summed E-state index contributed by atoms with van der Waals surface area (Å²) in [6.07, 6.45) is -3.01. The van der Waals surface area contributed by atoms with Crippen LogP contribution in [0.3, 0.4) is 0 Å². The molecular weight excluding hydrogens is 337 g/mol. The van der Waals surface area contributed by atoms with Crippen LogP contribution in [0.4, 0.5) is 13.2 Å². The van der Waals surface area contributed by atoms with Crippen LogP contribution < -0.4 is 4.74 Å². The first-order chi connectivity index (χ1) is 11.8. The Morgan fingerprint density at radius 3 is 2.60 bits per heavy atom. The van der Waals surface area contributed by atoms with Crippen molar-refractivity contribution in [1.82, 2.24) is 5.01 Å². The number of para-hydroxylation sites is 1. The fraction of sp³-hybridized carbons (Fsp3) is 0.529. The molecule has 0 saturated heterocycles. The van der Waals surface area contributed by atoms with E-state index >= 15 is 0 Å². The summed E-state index contributed by atoms with van der Waals surface area (Å²) < 4.78 is 45.1. The van der Waals surface area contributed by atoms with Crippen molar-refractivity contribution in [3.8, 4) is 5.75 Å². The van der Waals surface area contributed by atoms with Crippen LogP contribution in [0.5, 0.6) is 5.75 Å². The molecule has 0 bridgehead atoms. The van der Waals surface area contributed by atoms with Gasteiger partial charge in [-0.15, -0.1) is 0 Å². The summed E-state index contributed by atoms with van der Waals surface area (Å²) >= 11 is 0. The van der Waals surface area contributed by atoms with Gasteiger partial charge in [-0.1, -0.05) is 38.0 Å². The molecule has 0 unspecified atom stereocenters. The molecule has 1 aliphatic rings. The molecule has 25 heavy (non-hydrogen) atoms. The number of hydrogen-bond acceptors (Lipinski definition) is 4. The third-order valence-corrected chi connectivity index (χ3v) is 3.91. The molecule has 2 rings (SSSR count). The van der Waals surface area contributed by atoms with E-state index in [1.165, 1.54) is 0 Å². The minimum Gasteiger partial charge on any atom is -0.484 e. The van der Waals surface area contributed by atoms with Crippen LogP contribution in [0.15, 0.2) is 35.4 Å². The van der Waals surface area contributed by atoms with E-state index in [0.29, 0.717) is 18.6 Å². The second-order valence-electron chi connectivity index (χ2n) is 5.92. The zero-order valence-electron chi connectivity index (χ0n) is 13.9. The molecule has 1 aromatic rings. The van der Waals surface area contributed by atoms with Crippen molar-refractivity contribution in [3.63, 3.8) is 0 Å². The van der Waals surface area contributed by atoms with Gasteiger partial charge < -0.3 is 9.84 Å². The van der Waals surface area contributed by atoms with Crippen molar-refractivity contribution in [1.29, 1.82) is 0 Å². The zero-order valence-corrected chi connectivity index (χ0v) is 13.9. The highest BCUT2D eigenvalue weighted by atomic mass is 19.4. The molecule has 1 aliphatic heterocycles. The SMILES string of the molecule is CCCCCC1=NN(C(=O)COc2ccccc2)[C@](O)(C(F)(F)F)C1. The number of alkyl halides is 3. The molecule has 1 heterocycles. The summed E-state index contributed by atoms with van der Waals surface area (Å²) in [5, 5.41) is 14.0. The summed E-state index contributed by atoms with van der Waals surface area (Å²) in [4.78, 5) is 12.2. The number of hydrogen-bond donors (Lipinski definition) is 1. The normalized spacial score (nSPS) is 20.5. The third-order valence-electron chi connectivity index (χ3n) is 3.91. The number of nitrogens with zero attached hydrogens (tertiary/aromatic N) is 2. The van der Waals surface area contributed by atoms with Gasteiger partial charge in [-0.3, -0.25) is 4.79 Å². The highest BCUT2D eigenvalue weighted by molar-refractivity contribution is 5.91. The highest BCUT2D eigenvalue weighted by Crippen LogP contribution is 2.41. The number of amides is 1. The predicted molar refractivity (Wildman–Crippen MR) is 86.0 cm³/mol. The molecule has 0 saturated carbocycles. The van der Waals surface area contributed by atoms with E-state index in [-0.39, 0.29) is 10.7 Å². The number of halogens is 3. The number of aliphatic hydroxyl groups is 1. The first-order valence-corrected chi connectivity index (χ1v) is 8.14. The number of benzene rings is 1. The number of ether oxygens (including phenoxy) is 1. The lowest BCUT2D eigenvalue weighted by Gasteiger charge is -2.32. The van der Waals surface area contributed by atoms with E-state index in [1.54, 1.807) is 30.3 Å². The van der Waals surface area contributed by atoms with Crippen LogP contribution in [0.25, 0.3) is 0 Å². The van der Waals surface area contributed by atoms with Gasteiger partial charge in [-0.2, -0.15) is 23.3 Å². The van der Waals surface area contributed by atoms with Gasteiger partial charge in [-0.25, -0.2) is 0 Å². The number of hydrazone groups is 1. The Hall–Kier alpha value is -2.09. The maximum Gasteiger partial charge on any atom is 0.438 e. The molecule has 8 heteroatoms. The average molecular weight is 358 g/mol. The summed E-state index contributed by atoms with van der Waals surface area (Å²) in [6.45, 7) is 1.33. The van der Waals surface area contributed by atoms with E-state index < -0.39 is 30.8 Å². The molecule has 0 fully saturated rings. The summed E-state index contributed by atoms with van der Waals surface area (Å²) in [5.41, 5.74) is -3.15. The maximum absolute atomic E-state index is 13.3. The predicted octanol–water partition coefficient (Wildman–Crippen LogP) is 3.48. The van der Waals surface area contributed by atoms with E-state index in [0.717, 1.165) is 12.8 Å². The van der Waals surface area contributed by atoms with Crippen molar-refractivity contribution >= 4 is 11.6 Å². The molecule has 0 aliphatic carbocycles. The lowest BCUT2D eigenvalue weighted by molar-refractivity contribution is -0.302. The maximum atomic E-state index is 13.3. The molecule has 0 radical (unpaired) electrons. The smallest absolute Gasteiger partial charge is 0.438 e. The fourth-order valence-electron chi connectivity index (χ4n) is 2.54. The van der Waals surface area contributed by atoms with Crippen LogP contribution in [0, 0.1) is 0 Å². The van der Waals surface area contributed by atoms with E-state index in [9.17, 15) is 23.1 Å². The molecular formula is C17H21F3N2O3. The number of rotatable bonds is 7. The van der Waals surface area contributed by atoms with Crippen molar-refractivity contribution in [3.05, 3.63) is 30.3 Å². The van der Waals surface area contributed by atoms with Crippen molar-refractivity contribution in [2.75, 3.05) is 6.61 Å². The first kappa shape index (κ1) is 19.2. The van der Waals surface area contributed by atoms with Gasteiger partial charge in [0.05, 0.1) is 0 Å². The molecule has 1 amide bonds. The van der Waals surface area contributed by atoms with Gasteiger partial charge in [0, 0.05) is 12.1 Å². The van der Waals surface area contributed by atoms with E-state index in [1.807, 2.05) is 6.92 Å². The first-order valence-electron chi connectivity index (χ1n) is 8.14. The molecule has 1 atom stereocenters. The van der Waals surface area contributed by atoms with Crippen molar-refractivity contribution < 1.29 is 27.8 Å². The minimum atomic E-state index is -5.01. The molecule has 1 aromatic carbocycles. The number of carbonyl (C=O) groups is 1. The average Bonchev–Trinajstić information content (AvgIpc) is 2.92. The second kappa shape index (κ2) is 7.86. The van der Waals surface area contributed by atoms with Gasteiger partial charge in [0.1, 0.15) is 5.75 Å². The summed E-state index contributed by atoms with van der Waals surface area (Å²) in [5.74, 6) is -0.702. The van der Waals surface area contributed by atoms with Gasteiger partial charge in [-0.05, 0) is 25.0 Å². The van der Waals surface area contributed by atoms with Gasteiger partial charge in [0.25, 0.3) is 11.6 Å². The summed E-state index contributed by atoms with van der Waals surface area (Å²) in [7, 11) is 0. The lowest BCUT2D eigenvalue weighted by atomic mass is 10.0. The van der Waals surface area contributed by atoms with Gasteiger partial charge in [0.15, 0.2) is 6.61 Å². The van der Waals surface area contributed by atoms with Crippen LogP contribution in [0.2, 0.25) is 0 Å². The molecule has 1 N–H and O–H groups in total. The van der Waals surface area contributed by atoms with Crippen LogP contribution in [0.1, 0.15) is 39.0 Å². The molecule has 138 valence electrons. The lowest BCUT2D eigenvalue weighted by Crippen LogP contribution is -2.57. The van der Waals surface area contributed by atoms with Crippen LogP contribution in [-0.2, 0) is 4.79 Å². The van der Waals surface area contributed by atoms with Gasteiger partial charge >= 0.3 is 6.18 Å². The molecule has 0 spiro atoms. The van der Waals surface area contributed by atoms with Crippen LogP contribution in [-0.4, -0.2) is 40.2 Å². The largest absolute Gasteiger partial charge is 0.484 e. The number of carbonyl (C=O) groups excluding carboxylic acids is 1. The quantitative estimate of drug-likeness (QED) is 0.759. The zero-order chi connectivity index (χ0) is 18.5. The standard InChI is InChI=1S/C17H21F3N2O3/c1-2-3-5-8-13-11-16(24,17(18,19)20)22(21-13)15(23)12-25-14-9-6-4-7-10-14/h4,6-7,9-10,24H,2-3,5,8,11-12H2,1H3/t16-/m1/s1. The Morgan fingerprint density at radius 2 is 2.00 bits per heavy atom. The Kier molecular flexibility index (Phi) is 6.05.